The number of benzene rings is 1. The molecule has 2 saturated heterocycles. The van der Waals surface area contributed by atoms with E-state index in [-0.39, 0.29) is 37.2 Å². The van der Waals surface area contributed by atoms with E-state index < -0.39 is 53.9 Å². The lowest BCUT2D eigenvalue weighted by Gasteiger charge is -2.33. The highest BCUT2D eigenvalue weighted by Gasteiger charge is 2.44. The summed E-state index contributed by atoms with van der Waals surface area (Å²) in [6, 6.07) is 5.13. The summed E-state index contributed by atoms with van der Waals surface area (Å²) in [6.07, 6.45) is 1.37. The molecule has 0 spiro atoms. The molecule has 2 fully saturated rings. The first kappa shape index (κ1) is 32.6. The van der Waals surface area contributed by atoms with Crippen molar-refractivity contribution in [2.75, 3.05) is 6.54 Å². The number of hydrogen-bond donors (Lipinski definition) is 3. The zero-order valence-corrected chi connectivity index (χ0v) is 24.8. The minimum atomic E-state index is -1.13. The van der Waals surface area contributed by atoms with E-state index >= 15 is 0 Å². The molecule has 0 bridgehead atoms. The monoisotopic (exact) mass is 585 g/mol. The second-order valence-electron chi connectivity index (χ2n) is 11.2. The molecule has 2 aliphatic rings. The summed E-state index contributed by atoms with van der Waals surface area (Å²) in [5.74, 6) is -3.31. The van der Waals surface area contributed by atoms with Gasteiger partial charge in [-0.15, -0.1) is 0 Å². The van der Waals surface area contributed by atoms with Crippen LogP contribution in [0.2, 0.25) is 0 Å². The average Bonchev–Trinajstić information content (AvgIpc) is 3.64. The Balaban J connectivity index is 1.73. The average molecular weight is 586 g/mol. The molecule has 0 radical (unpaired) electrons. The first-order valence-corrected chi connectivity index (χ1v) is 14.7. The number of nitrogens with two attached hydrogens (primary N) is 1. The largest absolute Gasteiger partial charge is 0.444 e. The highest BCUT2D eigenvalue weighted by molar-refractivity contribution is 6.02. The van der Waals surface area contributed by atoms with Crippen molar-refractivity contribution in [1.29, 1.82) is 0 Å². The van der Waals surface area contributed by atoms with Gasteiger partial charge in [-0.3, -0.25) is 24.0 Å². The van der Waals surface area contributed by atoms with Gasteiger partial charge in [0.1, 0.15) is 30.8 Å². The van der Waals surface area contributed by atoms with Crippen molar-refractivity contribution in [3.8, 4) is 0 Å². The van der Waals surface area contributed by atoms with Crippen LogP contribution in [-0.4, -0.2) is 76.1 Å². The number of ether oxygens (including phenoxy) is 1. The lowest BCUT2D eigenvalue weighted by Crippen LogP contribution is -2.60. The summed E-state index contributed by atoms with van der Waals surface area (Å²) in [7, 11) is 0. The fourth-order valence-electron chi connectivity index (χ4n) is 5.33. The van der Waals surface area contributed by atoms with Crippen LogP contribution in [0.15, 0.2) is 30.3 Å². The van der Waals surface area contributed by atoms with Gasteiger partial charge in [-0.05, 0) is 36.7 Å². The summed E-state index contributed by atoms with van der Waals surface area (Å²) >= 11 is 0. The molecular formula is C30H43N5O7. The molecule has 42 heavy (non-hydrogen) atoms. The van der Waals surface area contributed by atoms with E-state index in [1.165, 1.54) is 4.90 Å². The molecule has 0 saturated carbocycles. The number of likely N-dealkylation sites (tertiary alicyclic amines) is 2. The van der Waals surface area contributed by atoms with E-state index in [0.717, 1.165) is 10.5 Å². The van der Waals surface area contributed by atoms with Crippen LogP contribution in [-0.2, 0) is 35.3 Å². The molecule has 0 aliphatic carbocycles. The Morgan fingerprint density at radius 1 is 0.952 bits per heavy atom. The quantitative estimate of drug-likeness (QED) is 0.336. The zero-order valence-electron chi connectivity index (χ0n) is 24.8. The number of rotatable bonds is 12. The Kier molecular flexibility index (Phi) is 11.5. The molecule has 0 aromatic heterocycles. The van der Waals surface area contributed by atoms with Crippen molar-refractivity contribution >= 4 is 35.6 Å². The SMILES string of the molecule is CC[C@@H](C)[C@H](NC(=O)[C@@H](NC(=O)[C@@H]1CCC(=O)N1C(=O)OCc1ccccc1)[C@@H](C)CC)C(=O)N1CCC[C@H]1C(N)=O. The smallest absolute Gasteiger partial charge is 0.417 e. The minimum Gasteiger partial charge on any atom is -0.444 e. The van der Waals surface area contributed by atoms with E-state index in [0.29, 0.717) is 32.2 Å². The Morgan fingerprint density at radius 3 is 2.21 bits per heavy atom. The number of primary amides is 1. The maximum absolute atomic E-state index is 13.6. The van der Waals surface area contributed by atoms with Gasteiger partial charge in [0, 0.05) is 13.0 Å². The van der Waals surface area contributed by atoms with Crippen molar-refractivity contribution in [3.63, 3.8) is 0 Å². The highest BCUT2D eigenvalue weighted by Crippen LogP contribution is 2.23. The van der Waals surface area contributed by atoms with Gasteiger partial charge in [-0.25, -0.2) is 9.69 Å². The summed E-state index contributed by atoms with van der Waals surface area (Å²) in [6.45, 7) is 7.69. The van der Waals surface area contributed by atoms with E-state index in [1.807, 2.05) is 26.8 Å². The fraction of sp³-hybridized carbons (Fsp3) is 0.600. The second kappa shape index (κ2) is 14.8. The highest BCUT2D eigenvalue weighted by atomic mass is 16.6. The van der Waals surface area contributed by atoms with Crippen LogP contribution in [0.1, 0.15) is 71.8 Å². The molecule has 2 aliphatic heterocycles. The lowest BCUT2D eigenvalue weighted by molar-refractivity contribution is -0.142. The number of nitrogens with zero attached hydrogens (tertiary/aromatic N) is 2. The molecule has 0 unspecified atom stereocenters. The lowest BCUT2D eigenvalue weighted by atomic mass is 9.94. The normalized spacial score (nSPS) is 21.3. The number of amides is 6. The third-order valence-electron chi connectivity index (χ3n) is 8.35. The summed E-state index contributed by atoms with van der Waals surface area (Å²) in [5, 5.41) is 5.56. The minimum absolute atomic E-state index is 0.0137. The second-order valence-corrected chi connectivity index (χ2v) is 11.2. The van der Waals surface area contributed by atoms with Gasteiger partial charge in [0.15, 0.2) is 0 Å². The van der Waals surface area contributed by atoms with Crippen LogP contribution in [0.5, 0.6) is 0 Å². The first-order valence-electron chi connectivity index (χ1n) is 14.7. The molecule has 1 aromatic carbocycles. The van der Waals surface area contributed by atoms with Crippen molar-refractivity contribution in [1.82, 2.24) is 20.4 Å². The predicted molar refractivity (Wildman–Crippen MR) is 153 cm³/mol. The molecule has 6 amide bonds. The van der Waals surface area contributed by atoms with Gasteiger partial charge in [0.2, 0.25) is 29.5 Å². The topological polar surface area (TPSA) is 168 Å². The summed E-state index contributed by atoms with van der Waals surface area (Å²) in [5.41, 5.74) is 6.25. The molecule has 12 heteroatoms. The zero-order chi connectivity index (χ0) is 31.0. The number of nitrogens with one attached hydrogen (secondary N) is 2. The van der Waals surface area contributed by atoms with Gasteiger partial charge in [-0.1, -0.05) is 70.9 Å². The fourth-order valence-corrected chi connectivity index (χ4v) is 5.33. The standard InChI is InChI=1S/C30H43N5O7/c1-5-18(3)24(28(39)33-25(19(4)6-2)29(40)34-16-10-13-21(34)26(31)37)32-27(38)22-14-15-23(36)35(22)30(41)42-17-20-11-8-7-9-12-20/h7-9,11-12,18-19,21-22,24-25H,5-6,10,13-17H2,1-4H3,(H2,31,37)(H,32,38)(H,33,39)/t18-,19+,21-,22-,24-,25-/m0/s1. The van der Waals surface area contributed by atoms with Gasteiger partial charge >= 0.3 is 6.09 Å². The molecule has 230 valence electrons. The molecule has 2 heterocycles. The van der Waals surface area contributed by atoms with Crippen LogP contribution in [0.25, 0.3) is 0 Å². The third-order valence-corrected chi connectivity index (χ3v) is 8.35. The Bertz CT molecular complexity index is 1160. The number of imide groups is 1. The van der Waals surface area contributed by atoms with Crippen molar-refractivity contribution in [2.24, 2.45) is 17.6 Å². The Morgan fingerprint density at radius 2 is 1.60 bits per heavy atom. The summed E-state index contributed by atoms with van der Waals surface area (Å²) < 4.78 is 5.31. The van der Waals surface area contributed by atoms with Crippen molar-refractivity contribution < 1.29 is 33.5 Å². The third kappa shape index (κ3) is 7.65. The van der Waals surface area contributed by atoms with Gasteiger partial charge in [0.05, 0.1) is 0 Å². The first-order chi connectivity index (χ1) is 20.0. The van der Waals surface area contributed by atoms with Crippen LogP contribution < -0.4 is 16.4 Å². The van der Waals surface area contributed by atoms with Crippen molar-refractivity contribution in [2.45, 2.75) is 97.0 Å². The molecule has 1 aromatic rings. The van der Waals surface area contributed by atoms with Gasteiger partial charge in [0.25, 0.3) is 0 Å². The van der Waals surface area contributed by atoms with Gasteiger partial charge in [-0.2, -0.15) is 0 Å². The van der Waals surface area contributed by atoms with E-state index in [4.69, 9.17) is 10.5 Å². The molecule has 12 nitrogen and oxygen atoms in total. The maximum atomic E-state index is 13.6. The molecule has 3 rings (SSSR count). The van der Waals surface area contributed by atoms with Crippen LogP contribution in [0, 0.1) is 11.8 Å². The number of carbonyl (C=O) groups excluding carboxylic acids is 6. The van der Waals surface area contributed by atoms with Gasteiger partial charge < -0.3 is 26.0 Å². The number of hydrogen-bond acceptors (Lipinski definition) is 7. The van der Waals surface area contributed by atoms with Crippen LogP contribution in [0.3, 0.4) is 0 Å². The van der Waals surface area contributed by atoms with E-state index in [2.05, 4.69) is 10.6 Å². The Hall–Kier alpha value is -3.96. The van der Waals surface area contributed by atoms with E-state index in [9.17, 15) is 28.8 Å². The predicted octanol–water partition coefficient (Wildman–Crippen LogP) is 1.85. The summed E-state index contributed by atoms with van der Waals surface area (Å²) in [4.78, 5) is 80.2. The molecular weight excluding hydrogens is 542 g/mol. The molecule has 6 atom stereocenters. The van der Waals surface area contributed by atoms with E-state index in [1.54, 1.807) is 31.2 Å². The van der Waals surface area contributed by atoms with Crippen molar-refractivity contribution in [3.05, 3.63) is 35.9 Å². The van der Waals surface area contributed by atoms with Crippen LogP contribution in [0.4, 0.5) is 4.79 Å². The number of carbonyl (C=O) groups is 6. The molecule has 4 N–H and O–H groups in total. The Labute approximate surface area is 246 Å². The van der Waals surface area contributed by atoms with Crippen LogP contribution >= 0.6 is 0 Å². The maximum Gasteiger partial charge on any atom is 0.417 e.